The molecule has 0 unspecified atom stereocenters. The van der Waals surface area contributed by atoms with Crippen LogP contribution >= 0.6 is 11.3 Å². The van der Waals surface area contributed by atoms with Crippen LogP contribution in [0, 0.1) is 36.0 Å². The number of fused-ring (bicyclic) bond motifs is 1. The number of thiazole rings is 1. The van der Waals surface area contributed by atoms with Crippen molar-refractivity contribution >= 4 is 41.1 Å². The van der Waals surface area contributed by atoms with Crippen LogP contribution in [0.3, 0.4) is 0 Å². The number of β-amino-alcohol motifs (C(OH)–C–C–N with tert-alkyl or cyclic N) is 1. The van der Waals surface area contributed by atoms with Gasteiger partial charge in [0.15, 0.2) is 0 Å². The molecular formula is C52H72N8O9S. The SMILES string of the molecule is Cc1ncsc1-c1ccc(CNC(=O)[C@@H]2C[C@@H](O)CN2C(=O)[C@@H](NC(=O)CCCc2cn(CCCCNC(=O)O[C@H]3C[C@@H](C)C=C4C=C[C@H](C)[C@H](CC[C@@H]5C[C@@H](O)CC(=O)O5)[C@H]43)nn2)C(C)(C)C)cc1. The highest BCUT2D eigenvalue weighted by atomic mass is 32.1. The van der Waals surface area contributed by atoms with Gasteiger partial charge >= 0.3 is 12.1 Å². The summed E-state index contributed by atoms with van der Waals surface area (Å²) in [6.07, 6.45) is 11.3. The van der Waals surface area contributed by atoms with Crippen molar-refractivity contribution in [3.8, 4) is 10.4 Å². The molecule has 380 valence electrons. The van der Waals surface area contributed by atoms with Gasteiger partial charge in [0.25, 0.3) is 0 Å². The maximum Gasteiger partial charge on any atom is 0.407 e. The van der Waals surface area contributed by atoms with Crippen LogP contribution in [-0.4, -0.2) is 114 Å². The molecule has 4 heterocycles. The number of aliphatic hydroxyl groups excluding tert-OH is 2. The number of rotatable bonds is 19. The van der Waals surface area contributed by atoms with Crippen molar-refractivity contribution in [2.75, 3.05) is 13.1 Å². The molecule has 17 nitrogen and oxygen atoms in total. The summed E-state index contributed by atoms with van der Waals surface area (Å²) in [5.74, 6) is -0.668. The average molecular weight is 985 g/mol. The number of benzene rings is 1. The van der Waals surface area contributed by atoms with E-state index in [9.17, 15) is 34.2 Å². The van der Waals surface area contributed by atoms with Crippen LogP contribution in [0.2, 0.25) is 0 Å². The first-order chi connectivity index (χ1) is 33.4. The second kappa shape index (κ2) is 23.6. The Balaban J connectivity index is 0.810. The maximum atomic E-state index is 14.1. The molecule has 2 aromatic heterocycles. The third-order valence-electron chi connectivity index (χ3n) is 14.1. The van der Waals surface area contributed by atoms with Gasteiger partial charge in [0.1, 0.15) is 24.3 Å². The zero-order valence-electron chi connectivity index (χ0n) is 41.5. The van der Waals surface area contributed by atoms with Crippen LogP contribution in [0.25, 0.3) is 10.4 Å². The van der Waals surface area contributed by atoms with Crippen molar-refractivity contribution in [3.05, 3.63) is 76.7 Å². The summed E-state index contributed by atoms with van der Waals surface area (Å²) in [4.78, 5) is 72.8. The number of aromatic nitrogens is 4. The van der Waals surface area contributed by atoms with Gasteiger partial charge in [-0.25, -0.2) is 9.78 Å². The number of carbonyl (C=O) groups is 5. The normalized spacial score (nSPS) is 25.9. The second-order valence-electron chi connectivity index (χ2n) is 20.9. The van der Waals surface area contributed by atoms with Crippen molar-refractivity contribution in [1.82, 2.24) is 40.8 Å². The Morgan fingerprint density at radius 3 is 2.51 bits per heavy atom. The van der Waals surface area contributed by atoms with Gasteiger partial charge in [0, 0.05) is 57.6 Å². The van der Waals surface area contributed by atoms with Gasteiger partial charge in [-0.2, -0.15) is 0 Å². The fourth-order valence-corrected chi connectivity index (χ4v) is 11.2. The van der Waals surface area contributed by atoms with Gasteiger partial charge < -0.3 is 40.5 Å². The van der Waals surface area contributed by atoms with E-state index < -0.39 is 41.7 Å². The number of unbranched alkanes of at least 4 members (excludes halogenated alkanes) is 1. The van der Waals surface area contributed by atoms with Crippen molar-refractivity contribution in [2.24, 2.45) is 29.1 Å². The zero-order valence-corrected chi connectivity index (χ0v) is 42.3. The number of carbonyl (C=O) groups excluding carboxylic acids is 5. The molecule has 4 amide bonds. The lowest BCUT2D eigenvalue weighted by Gasteiger charge is -2.43. The number of hydrogen-bond donors (Lipinski definition) is 5. The van der Waals surface area contributed by atoms with E-state index >= 15 is 0 Å². The summed E-state index contributed by atoms with van der Waals surface area (Å²) in [7, 11) is 0. The van der Waals surface area contributed by atoms with E-state index in [1.807, 2.05) is 63.7 Å². The monoisotopic (exact) mass is 985 g/mol. The number of hydrogen-bond acceptors (Lipinski definition) is 13. The van der Waals surface area contributed by atoms with Gasteiger partial charge in [-0.05, 0) is 91.7 Å². The van der Waals surface area contributed by atoms with Crippen molar-refractivity contribution < 1.29 is 43.7 Å². The Morgan fingerprint density at radius 1 is 1.00 bits per heavy atom. The molecule has 5 N–H and O–H groups in total. The van der Waals surface area contributed by atoms with Gasteiger partial charge in [0.2, 0.25) is 17.7 Å². The molecule has 70 heavy (non-hydrogen) atoms. The van der Waals surface area contributed by atoms with Crippen LogP contribution in [0.4, 0.5) is 4.79 Å². The number of nitrogens with zero attached hydrogens (tertiary/aromatic N) is 5. The number of aryl methyl sites for hydroxylation is 3. The molecule has 10 atom stereocenters. The van der Waals surface area contributed by atoms with Crippen molar-refractivity contribution in [3.63, 3.8) is 0 Å². The largest absolute Gasteiger partial charge is 0.462 e. The number of allylic oxidation sites excluding steroid dienone is 3. The minimum Gasteiger partial charge on any atom is -0.462 e. The lowest BCUT2D eigenvalue weighted by atomic mass is 9.65. The van der Waals surface area contributed by atoms with E-state index in [1.165, 1.54) is 10.5 Å². The van der Waals surface area contributed by atoms with Crippen molar-refractivity contribution in [2.45, 2.75) is 162 Å². The Hall–Kier alpha value is -5.46. The summed E-state index contributed by atoms with van der Waals surface area (Å²) < 4.78 is 13.4. The third-order valence-corrected chi connectivity index (χ3v) is 15.1. The first-order valence-electron chi connectivity index (χ1n) is 25.1. The predicted octanol–water partition coefficient (Wildman–Crippen LogP) is 5.97. The molecule has 2 aliphatic heterocycles. The number of aliphatic hydroxyl groups is 2. The lowest BCUT2D eigenvalue weighted by molar-refractivity contribution is -0.160. The minimum absolute atomic E-state index is 0.00371. The number of alkyl carbamates (subject to hydrolysis) is 1. The highest BCUT2D eigenvalue weighted by molar-refractivity contribution is 7.13. The predicted molar refractivity (Wildman–Crippen MR) is 264 cm³/mol. The molecule has 7 rings (SSSR count). The van der Waals surface area contributed by atoms with E-state index in [0.29, 0.717) is 45.2 Å². The van der Waals surface area contributed by atoms with Gasteiger partial charge in [-0.1, -0.05) is 82.3 Å². The van der Waals surface area contributed by atoms with Crippen LogP contribution < -0.4 is 16.0 Å². The lowest BCUT2D eigenvalue weighted by Crippen LogP contribution is -2.57. The number of amides is 4. The third kappa shape index (κ3) is 13.9. The van der Waals surface area contributed by atoms with E-state index in [4.69, 9.17) is 9.47 Å². The summed E-state index contributed by atoms with van der Waals surface area (Å²) in [6, 6.07) is 6.09. The van der Waals surface area contributed by atoms with E-state index in [2.05, 4.69) is 63.3 Å². The van der Waals surface area contributed by atoms with Crippen LogP contribution in [0.5, 0.6) is 0 Å². The second-order valence-corrected chi connectivity index (χ2v) is 21.8. The first-order valence-corrected chi connectivity index (χ1v) is 26.0. The molecule has 18 heteroatoms. The van der Waals surface area contributed by atoms with Gasteiger partial charge in [-0.3, -0.25) is 23.9 Å². The Morgan fingerprint density at radius 2 is 1.79 bits per heavy atom. The van der Waals surface area contributed by atoms with Crippen LogP contribution in [0.1, 0.15) is 116 Å². The molecule has 0 saturated carbocycles. The number of esters is 1. The molecule has 0 bridgehead atoms. The quantitative estimate of drug-likeness (QED) is 0.0692. The standard InChI is InChI=1S/C52H72N8O9S/c1-31-22-36-15-12-32(2)41(19-18-40-24-38(61)26-45(64)68-40)46(36)43(23-31)69-51(67)53-20-7-8-21-59-28-37(57-58-59)10-9-11-44(63)56-48(52(4,5)6)50(66)60-29-39(62)25-42(60)49(65)54-27-34-13-16-35(17-14-34)47-33(3)55-30-70-47/h12-17,22,28,30-32,38-43,46,48,61-62H,7-11,18-21,23-27,29H2,1-6H3,(H,53,67)(H,54,65)(H,56,63)/t31-,32-,38+,39+,40+,41-,42-,43-,46-,48+/m0/s1. The smallest absolute Gasteiger partial charge is 0.407 e. The molecule has 0 spiro atoms. The summed E-state index contributed by atoms with van der Waals surface area (Å²) in [5, 5.41) is 38.1. The Kier molecular flexibility index (Phi) is 17.7. The van der Waals surface area contributed by atoms with Gasteiger partial charge in [0.05, 0.1) is 40.4 Å². The highest BCUT2D eigenvalue weighted by Gasteiger charge is 2.45. The zero-order chi connectivity index (χ0) is 50.1. The number of likely N-dealkylation sites (tertiary alicyclic amines) is 1. The maximum absolute atomic E-state index is 14.1. The fourth-order valence-electron chi connectivity index (χ4n) is 10.4. The fraction of sp³-hybridized carbons (Fsp3) is 0.615. The number of ether oxygens (including phenoxy) is 2. The molecule has 2 fully saturated rings. The van der Waals surface area contributed by atoms with E-state index in [0.717, 1.165) is 46.7 Å². The molecular weight excluding hydrogens is 913 g/mol. The molecule has 3 aromatic rings. The first kappa shape index (κ1) is 52.4. The Labute approximate surface area is 415 Å². The summed E-state index contributed by atoms with van der Waals surface area (Å²) in [6.45, 7) is 13.2. The van der Waals surface area contributed by atoms with E-state index in [1.54, 1.807) is 16.0 Å². The van der Waals surface area contributed by atoms with Gasteiger partial charge in [-0.15, -0.1) is 16.4 Å². The van der Waals surface area contributed by atoms with E-state index in [-0.39, 0.29) is 86.0 Å². The average Bonchev–Trinajstić information content (AvgIpc) is 4.06. The molecule has 0 radical (unpaired) electrons. The molecule has 2 aliphatic carbocycles. The minimum atomic E-state index is -0.921. The van der Waals surface area contributed by atoms with Crippen LogP contribution in [-0.2, 0) is 48.2 Å². The summed E-state index contributed by atoms with van der Waals surface area (Å²) >= 11 is 1.57. The topological polar surface area (TPSA) is 227 Å². The summed E-state index contributed by atoms with van der Waals surface area (Å²) in [5.41, 5.74) is 5.97. The number of nitrogens with one attached hydrogen (secondary N) is 3. The van der Waals surface area contributed by atoms with Crippen LogP contribution in [0.15, 0.2) is 59.8 Å². The van der Waals surface area contributed by atoms with Crippen molar-refractivity contribution in [1.29, 1.82) is 0 Å². The number of cyclic esters (lactones) is 1. The Bertz CT molecular complexity index is 2360. The molecule has 4 aliphatic rings. The molecule has 2 saturated heterocycles. The highest BCUT2D eigenvalue weighted by Crippen LogP contribution is 2.45. The molecule has 1 aromatic carbocycles.